The van der Waals surface area contributed by atoms with Gasteiger partial charge in [-0.15, -0.1) is 12.4 Å². The predicted octanol–water partition coefficient (Wildman–Crippen LogP) is 2.38. The Morgan fingerprint density at radius 3 is 2.72 bits per heavy atom. The summed E-state index contributed by atoms with van der Waals surface area (Å²) in [5, 5.41) is 2.72. The molecule has 1 aromatic rings. The van der Waals surface area contributed by atoms with Crippen LogP contribution in [0.4, 0.5) is 4.39 Å². The summed E-state index contributed by atoms with van der Waals surface area (Å²) < 4.78 is 12.9. The number of rotatable bonds is 5. The summed E-state index contributed by atoms with van der Waals surface area (Å²) in [6.45, 7) is 3.98. The second-order valence-electron chi connectivity index (χ2n) is 4.48. The predicted molar refractivity (Wildman–Crippen MR) is 73.0 cm³/mol. The Morgan fingerprint density at radius 2 is 2.17 bits per heavy atom. The summed E-state index contributed by atoms with van der Waals surface area (Å²) >= 11 is 0. The lowest BCUT2D eigenvalue weighted by Gasteiger charge is -2.22. The zero-order chi connectivity index (χ0) is 12.9. The lowest BCUT2D eigenvalue weighted by molar-refractivity contribution is -0.126. The second kappa shape index (κ2) is 7.34. The molecular weight excluding hydrogens is 255 g/mol. The summed E-state index contributed by atoms with van der Waals surface area (Å²) in [6, 6.07) is 6.14. The van der Waals surface area contributed by atoms with Crippen LogP contribution in [-0.2, 0) is 11.3 Å². The van der Waals surface area contributed by atoms with Crippen LogP contribution in [0.1, 0.15) is 32.3 Å². The average Bonchev–Trinajstić information content (AvgIpc) is 2.26. The van der Waals surface area contributed by atoms with Crippen LogP contribution in [0.3, 0.4) is 0 Å². The van der Waals surface area contributed by atoms with E-state index in [0.29, 0.717) is 13.0 Å². The smallest absolute Gasteiger partial charge is 0.240 e. The van der Waals surface area contributed by atoms with Crippen LogP contribution in [0.5, 0.6) is 0 Å². The maximum absolute atomic E-state index is 12.9. The Hall–Kier alpha value is -1.13. The number of amides is 1. The third-order valence-corrected chi connectivity index (χ3v) is 2.63. The van der Waals surface area contributed by atoms with Gasteiger partial charge in [-0.1, -0.05) is 25.5 Å². The van der Waals surface area contributed by atoms with Gasteiger partial charge in [0, 0.05) is 6.54 Å². The molecule has 1 atom stereocenters. The van der Waals surface area contributed by atoms with Crippen molar-refractivity contribution < 1.29 is 9.18 Å². The van der Waals surface area contributed by atoms with E-state index in [1.807, 2.05) is 6.92 Å². The topological polar surface area (TPSA) is 55.1 Å². The minimum atomic E-state index is -0.859. The van der Waals surface area contributed by atoms with Gasteiger partial charge in [0.1, 0.15) is 5.82 Å². The van der Waals surface area contributed by atoms with Crippen molar-refractivity contribution in [3.63, 3.8) is 0 Å². The highest BCUT2D eigenvalue weighted by molar-refractivity contribution is 5.85. The first kappa shape index (κ1) is 16.9. The van der Waals surface area contributed by atoms with Gasteiger partial charge in [0.05, 0.1) is 5.54 Å². The first-order valence-electron chi connectivity index (χ1n) is 5.77. The second-order valence-corrected chi connectivity index (χ2v) is 4.48. The minimum Gasteiger partial charge on any atom is -0.350 e. The van der Waals surface area contributed by atoms with Crippen LogP contribution < -0.4 is 11.1 Å². The fourth-order valence-corrected chi connectivity index (χ4v) is 1.66. The van der Waals surface area contributed by atoms with Crippen molar-refractivity contribution in [1.82, 2.24) is 5.32 Å². The van der Waals surface area contributed by atoms with Gasteiger partial charge in [0.25, 0.3) is 0 Å². The van der Waals surface area contributed by atoms with Gasteiger partial charge in [-0.2, -0.15) is 0 Å². The molecule has 5 heteroatoms. The number of benzene rings is 1. The standard InChI is InChI=1S/C13H19FN2O.ClH/c1-3-7-13(2,15)12(17)16-9-10-5-4-6-11(14)8-10;/h4-6,8H,3,7,9,15H2,1-2H3,(H,16,17);1H. The van der Waals surface area contributed by atoms with Crippen LogP contribution in [0.25, 0.3) is 0 Å². The van der Waals surface area contributed by atoms with E-state index in [0.717, 1.165) is 12.0 Å². The minimum absolute atomic E-state index is 0. The number of carbonyl (C=O) groups is 1. The van der Waals surface area contributed by atoms with E-state index in [1.165, 1.54) is 12.1 Å². The average molecular weight is 275 g/mol. The highest BCUT2D eigenvalue weighted by atomic mass is 35.5. The first-order valence-corrected chi connectivity index (χ1v) is 5.77. The molecule has 0 radical (unpaired) electrons. The Bertz CT molecular complexity index is 396. The monoisotopic (exact) mass is 274 g/mol. The van der Waals surface area contributed by atoms with Crippen molar-refractivity contribution in [3.8, 4) is 0 Å². The van der Waals surface area contributed by atoms with E-state index in [2.05, 4.69) is 5.32 Å². The number of hydrogen-bond donors (Lipinski definition) is 2. The maximum Gasteiger partial charge on any atom is 0.240 e. The van der Waals surface area contributed by atoms with E-state index in [9.17, 15) is 9.18 Å². The van der Waals surface area contributed by atoms with Gasteiger partial charge in [0.2, 0.25) is 5.91 Å². The molecule has 3 N–H and O–H groups in total. The fourth-order valence-electron chi connectivity index (χ4n) is 1.66. The molecule has 0 saturated heterocycles. The van der Waals surface area contributed by atoms with Crippen molar-refractivity contribution in [2.24, 2.45) is 5.73 Å². The molecule has 0 aliphatic rings. The van der Waals surface area contributed by atoms with Gasteiger partial charge in [0.15, 0.2) is 0 Å². The Labute approximate surface area is 113 Å². The SMILES string of the molecule is CCCC(C)(N)C(=O)NCc1cccc(F)c1.Cl. The molecule has 0 saturated carbocycles. The number of nitrogens with one attached hydrogen (secondary N) is 1. The van der Waals surface area contributed by atoms with Gasteiger partial charge >= 0.3 is 0 Å². The van der Waals surface area contributed by atoms with Crippen LogP contribution in [0.2, 0.25) is 0 Å². The molecule has 3 nitrogen and oxygen atoms in total. The summed E-state index contributed by atoms with van der Waals surface area (Å²) in [5.41, 5.74) is 5.75. The van der Waals surface area contributed by atoms with Gasteiger partial charge in [-0.05, 0) is 31.0 Å². The zero-order valence-corrected chi connectivity index (χ0v) is 11.5. The summed E-state index contributed by atoms with van der Waals surface area (Å²) in [6.07, 6.45) is 1.47. The number of carbonyl (C=O) groups excluding carboxylic acids is 1. The molecule has 1 aromatic carbocycles. The van der Waals surface area contributed by atoms with Crippen molar-refractivity contribution in [2.45, 2.75) is 38.8 Å². The maximum atomic E-state index is 12.9. The lowest BCUT2D eigenvalue weighted by Crippen LogP contribution is -2.51. The molecule has 0 spiro atoms. The molecular formula is C13H20ClFN2O. The van der Waals surface area contributed by atoms with Gasteiger partial charge < -0.3 is 11.1 Å². The Morgan fingerprint density at radius 1 is 1.50 bits per heavy atom. The van der Waals surface area contributed by atoms with Crippen LogP contribution in [0, 0.1) is 5.82 Å². The zero-order valence-electron chi connectivity index (χ0n) is 10.7. The van der Waals surface area contributed by atoms with Crippen LogP contribution in [-0.4, -0.2) is 11.4 Å². The molecule has 0 aromatic heterocycles. The number of hydrogen-bond acceptors (Lipinski definition) is 2. The molecule has 0 aliphatic carbocycles. The summed E-state index contributed by atoms with van der Waals surface area (Å²) in [7, 11) is 0. The van der Waals surface area contributed by atoms with E-state index in [-0.39, 0.29) is 24.1 Å². The van der Waals surface area contributed by atoms with Gasteiger partial charge in [-0.25, -0.2) is 4.39 Å². The highest BCUT2D eigenvalue weighted by Crippen LogP contribution is 2.09. The quantitative estimate of drug-likeness (QED) is 0.866. The number of nitrogens with two attached hydrogens (primary N) is 1. The van der Waals surface area contributed by atoms with Crippen molar-refractivity contribution in [3.05, 3.63) is 35.6 Å². The third kappa shape index (κ3) is 5.02. The van der Waals surface area contributed by atoms with Crippen molar-refractivity contribution in [1.29, 1.82) is 0 Å². The van der Waals surface area contributed by atoms with E-state index < -0.39 is 5.54 Å². The van der Waals surface area contributed by atoms with Crippen LogP contribution in [0.15, 0.2) is 24.3 Å². The molecule has 0 fully saturated rings. The van der Waals surface area contributed by atoms with E-state index >= 15 is 0 Å². The largest absolute Gasteiger partial charge is 0.350 e. The first-order chi connectivity index (χ1) is 7.95. The molecule has 0 heterocycles. The van der Waals surface area contributed by atoms with Crippen molar-refractivity contribution >= 4 is 18.3 Å². The molecule has 0 bridgehead atoms. The van der Waals surface area contributed by atoms with E-state index in [1.54, 1.807) is 19.1 Å². The summed E-state index contributed by atoms with van der Waals surface area (Å²) in [4.78, 5) is 11.8. The van der Waals surface area contributed by atoms with Gasteiger partial charge in [-0.3, -0.25) is 4.79 Å². The molecule has 1 amide bonds. The highest BCUT2D eigenvalue weighted by Gasteiger charge is 2.26. The third-order valence-electron chi connectivity index (χ3n) is 2.63. The fraction of sp³-hybridized carbons (Fsp3) is 0.462. The molecule has 1 unspecified atom stereocenters. The Balaban J connectivity index is 0.00000289. The van der Waals surface area contributed by atoms with Crippen molar-refractivity contribution in [2.75, 3.05) is 0 Å². The number of halogens is 2. The molecule has 18 heavy (non-hydrogen) atoms. The molecule has 1 rings (SSSR count). The molecule has 0 aliphatic heterocycles. The molecule has 102 valence electrons. The Kier molecular flexibility index (Phi) is 6.88. The summed E-state index contributed by atoms with van der Waals surface area (Å²) in [5.74, 6) is -0.510. The van der Waals surface area contributed by atoms with E-state index in [4.69, 9.17) is 5.73 Å². The van der Waals surface area contributed by atoms with Crippen LogP contribution >= 0.6 is 12.4 Å². The normalized spacial score (nSPS) is 13.3. The lowest BCUT2D eigenvalue weighted by atomic mass is 9.96.